The van der Waals surface area contributed by atoms with E-state index in [0.29, 0.717) is 5.56 Å². The number of hydrogen-bond donors (Lipinski definition) is 2. The number of aromatic nitrogens is 1. The lowest BCUT2D eigenvalue weighted by Crippen LogP contribution is -2.15. The van der Waals surface area contributed by atoms with E-state index in [0.717, 1.165) is 0 Å². The fourth-order valence-electron chi connectivity index (χ4n) is 1.66. The maximum absolute atomic E-state index is 13.1. The van der Waals surface area contributed by atoms with Crippen LogP contribution in [0.4, 0.5) is 10.1 Å². The zero-order valence-electron chi connectivity index (χ0n) is 10.6. The van der Waals surface area contributed by atoms with Crippen molar-refractivity contribution in [2.45, 2.75) is 6.92 Å². The molecule has 20 heavy (non-hydrogen) atoms. The molecular weight excluding hydrogens is 263 g/mol. The fourth-order valence-corrected chi connectivity index (χ4v) is 1.66. The van der Waals surface area contributed by atoms with E-state index in [1.54, 1.807) is 6.92 Å². The number of halogens is 1. The van der Waals surface area contributed by atoms with Crippen LogP contribution < -0.4 is 5.32 Å². The molecule has 0 unspecified atom stereocenters. The highest BCUT2D eigenvalue weighted by Gasteiger charge is 2.14. The summed E-state index contributed by atoms with van der Waals surface area (Å²) in [5, 5.41) is 11.4. The third-order valence-electron chi connectivity index (χ3n) is 2.68. The smallest absolute Gasteiger partial charge is 0.356 e. The van der Waals surface area contributed by atoms with Crippen molar-refractivity contribution in [2.75, 3.05) is 5.32 Å². The summed E-state index contributed by atoms with van der Waals surface area (Å²) >= 11 is 0. The number of carbonyl (C=O) groups excluding carboxylic acids is 1. The molecule has 0 saturated carbocycles. The molecule has 1 amide bonds. The molecular formula is C14H11FN2O3. The van der Waals surface area contributed by atoms with Gasteiger partial charge in [0.2, 0.25) is 0 Å². The zero-order valence-corrected chi connectivity index (χ0v) is 10.6. The van der Waals surface area contributed by atoms with Crippen molar-refractivity contribution in [3.05, 3.63) is 59.2 Å². The van der Waals surface area contributed by atoms with E-state index in [9.17, 15) is 14.0 Å². The van der Waals surface area contributed by atoms with Gasteiger partial charge < -0.3 is 10.4 Å². The van der Waals surface area contributed by atoms with Crippen molar-refractivity contribution in [2.24, 2.45) is 0 Å². The Labute approximate surface area is 114 Å². The fraction of sp³-hybridized carbons (Fsp3) is 0.0714. The van der Waals surface area contributed by atoms with E-state index in [2.05, 4.69) is 10.3 Å². The van der Waals surface area contributed by atoms with Crippen molar-refractivity contribution in [3.8, 4) is 0 Å². The second-order valence-corrected chi connectivity index (χ2v) is 4.12. The first-order chi connectivity index (χ1) is 9.49. The lowest BCUT2D eigenvalue weighted by atomic mass is 10.1. The summed E-state index contributed by atoms with van der Waals surface area (Å²) in [5.74, 6) is -2.17. The molecule has 1 aromatic heterocycles. The molecule has 1 aromatic carbocycles. The first-order valence-corrected chi connectivity index (χ1v) is 5.75. The number of anilines is 1. The van der Waals surface area contributed by atoms with Crippen LogP contribution in [-0.2, 0) is 0 Å². The SMILES string of the molecule is Cc1cc(C(=O)Nc2cccnc2C(=O)O)ccc1F. The van der Waals surface area contributed by atoms with Gasteiger partial charge in [0.15, 0.2) is 5.69 Å². The molecule has 0 aliphatic rings. The molecule has 0 aliphatic heterocycles. The number of carboxylic acid groups (broad SMARTS) is 1. The van der Waals surface area contributed by atoms with Gasteiger partial charge in [-0.1, -0.05) is 0 Å². The molecule has 2 rings (SSSR count). The molecule has 0 spiro atoms. The van der Waals surface area contributed by atoms with Crippen LogP contribution in [0.1, 0.15) is 26.4 Å². The summed E-state index contributed by atoms with van der Waals surface area (Å²) < 4.78 is 13.1. The number of carboxylic acids is 1. The van der Waals surface area contributed by atoms with Gasteiger partial charge >= 0.3 is 5.97 Å². The van der Waals surface area contributed by atoms with Crippen molar-refractivity contribution in [1.29, 1.82) is 0 Å². The van der Waals surface area contributed by atoms with E-state index in [4.69, 9.17) is 5.11 Å². The number of pyridine rings is 1. The van der Waals surface area contributed by atoms with Crippen molar-refractivity contribution in [1.82, 2.24) is 4.98 Å². The van der Waals surface area contributed by atoms with Gasteiger partial charge in [0.05, 0.1) is 5.69 Å². The van der Waals surface area contributed by atoms with Crippen LogP contribution in [0.25, 0.3) is 0 Å². The largest absolute Gasteiger partial charge is 0.476 e. The summed E-state index contributed by atoms with van der Waals surface area (Å²) in [5.41, 5.74) is 0.415. The summed E-state index contributed by atoms with van der Waals surface area (Å²) in [6.07, 6.45) is 1.32. The average Bonchev–Trinajstić information content (AvgIpc) is 2.42. The molecule has 1 heterocycles. The highest BCUT2D eigenvalue weighted by Crippen LogP contribution is 2.15. The second-order valence-electron chi connectivity index (χ2n) is 4.12. The molecule has 6 heteroatoms. The summed E-state index contributed by atoms with van der Waals surface area (Å²) in [6.45, 7) is 1.54. The Morgan fingerprint density at radius 2 is 2.05 bits per heavy atom. The van der Waals surface area contributed by atoms with Crippen LogP contribution in [-0.4, -0.2) is 22.0 Å². The maximum atomic E-state index is 13.1. The third-order valence-corrected chi connectivity index (χ3v) is 2.68. The van der Waals surface area contributed by atoms with Gasteiger partial charge in [-0.3, -0.25) is 4.79 Å². The topological polar surface area (TPSA) is 79.3 Å². The molecule has 2 aromatic rings. The Hall–Kier alpha value is -2.76. The number of carbonyl (C=O) groups is 2. The van der Waals surface area contributed by atoms with Crippen LogP contribution in [0.2, 0.25) is 0 Å². The third kappa shape index (κ3) is 2.80. The quantitative estimate of drug-likeness (QED) is 0.901. The van der Waals surface area contributed by atoms with E-state index in [1.807, 2.05) is 0 Å². The summed E-state index contributed by atoms with van der Waals surface area (Å²) in [6, 6.07) is 6.85. The van der Waals surface area contributed by atoms with Crippen molar-refractivity contribution < 1.29 is 19.1 Å². The number of amides is 1. The summed E-state index contributed by atoms with van der Waals surface area (Å²) in [7, 11) is 0. The van der Waals surface area contributed by atoms with E-state index >= 15 is 0 Å². The number of benzene rings is 1. The minimum atomic E-state index is -1.24. The Morgan fingerprint density at radius 3 is 2.70 bits per heavy atom. The van der Waals surface area contributed by atoms with E-state index in [-0.39, 0.29) is 16.9 Å². The lowest BCUT2D eigenvalue weighted by Gasteiger charge is -2.08. The minimum absolute atomic E-state index is 0.0898. The van der Waals surface area contributed by atoms with E-state index in [1.165, 1.54) is 36.5 Å². The second kappa shape index (κ2) is 5.48. The number of aryl methyl sites for hydroxylation is 1. The summed E-state index contributed by atoms with van der Waals surface area (Å²) in [4.78, 5) is 26.7. The number of hydrogen-bond acceptors (Lipinski definition) is 3. The molecule has 0 radical (unpaired) electrons. The van der Waals surface area contributed by atoms with Crippen LogP contribution in [0.3, 0.4) is 0 Å². The highest BCUT2D eigenvalue weighted by molar-refractivity contribution is 6.07. The molecule has 2 N–H and O–H groups in total. The number of aromatic carboxylic acids is 1. The first kappa shape index (κ1) is 13.7. The van der Waals surface area contributed by atoms with Gasteiger partial charge in [-0.2, -0.15) is 0 Å². The number of nitrogens with one attached hydrogen (secondary N) is 1. The number of nitrogens with zero attached hydrogens (tertiary/aromatic N) is 1. The number of rotatable bonds is 3. The molecule has 102 valence electrons. The molecule has 0 atom stereocenters. The molecule has 0 fully saturated rings. The van der Waals surface area contributed by atoms with Gasteiger partial charge in [0.25, 0.3) is 5.91 Å². The minimum Gasteiger partial charge on any atom is -0.476 e. The van der Waals surface area contributed by atoms with Gasteiger partial charge in [0, 0.05) is 11.8 Å². The Kier molecular flexibility index (Phi) is 3.74. The normalized spacial score (nSPS) is 10.1. The van der Waals surface area contributed by atoms with Gasteiger partial charge in [-0.25, -0.2) is 14.2 Å². The Morgan fingerprint density at radius 1 is 1.30 bits per heavy atom. The van der Waals surface area contributed by atoms with Gasteiger partial charge in [-0.15, -0.1) is 0 Å². The molecule has 0 bridgehead atoms. The van der Waals surface area contributed by atoms with Gasteiger partial charge in [-0.05, 0) is 42.8 Å². The molecule has 0 saturated heterocycles. The monoisotopic (exact) mass is 274 g/mol. The zero-order chi connectivity index (χ0) is 14.7. The molecule has 5 nitrogen and oxygen atoms in total. The van der Waals surface area contributed by atoms with E-state index < -0.39 is 17.7 Å². The van der Waals surface area contributed by atoms with Crippen molar-refractivity contribution in [3.63, 3.8) is 0 Å². The highest BCUT2D eigenvalue weighted by atomic mass is 19.1. The van der Waals surface area contributed by atoms with Crippen LogP contribution >= 0.6 is 0 Å². The van der Waals surface area contributed by atoms with Gasteiger partial charge in [0.1, 0.15) is 5.82 Å². The van der Waals surface area contributed by atoms with Crippen LogP contribution in [0.15, 0.2) is 36.5 Å². The van der Waals surface area contributed by atoms with Crippen molar-refractivity contribution >= 4 is 17.6 Å². The van der Waals surface area contributed by atoms with Crippen LogP contribution in [0, 0.1) is 12.7 Å². The average molecular weight is 274 g/mol. The lowest BCUT2D eigenvalue weighted by molar-refractivity contribution is 0.0691. The standard InChI is InChI=1S/C14H11FN2O3/c1-8-7-9(4-5-10(8)15)13(18)17-11-3-2-6-16-12(11)14(19)20/h2-7H,1H3,(H,17,18)(H,19,20). The van der Waals surface area contributed by atoms with Crippen LogP contribution in [0.5, 0.6) is 0 Å². The predicted octanol–water partition coefficient (Wildman–Crippen LogP) is 2.48. The molecule has 0 aliphatic carbocycles. The maximum Gasteiger partial charge on any atom is 0.356 e. The first-order valence-electron chi connectivity index (χ1n) is 5.75. The Bertz CT molecular complexity index is 686. The predicted molar refractivity (Wildman–Crippen MR) is 70.3 cm³/mol. The Balaban J connectivity index is 2.28.